The van der Waals surface area contributed by atoms with Crippen molar-refractivity contribution in [1.82, 2.24) is 30.2 Å². The molecule has 0 atom stereocenters. The SMILES string of the molecule is CCCc1nn(-c2ccc(Cl)nn2)c2n[nH]c(N)c12. The lowest BCUT2D eigenvalue weighted by Gasteiger charge is -1.99. The van der Waals surface area contributed by atoms with E-state index in [4.69, 9.17) is 17.3 Å². The fourth-order valence-corrected chi connectivity index (χ4v) is 2.10. The molecule has 0 fully saturated rings. The number of rotatable bonds is 3. The van der Waals surface area contributed by atoms with Gasteiger partial charge in [-0.15, -0.1) is 10.2 Å². The van der Waals surface area contributed by atoms with E-state index in [2.05, 4.69) is 32.4 Å². The van der Waals surface area contributed by atoms with E-state index in [1.807, 2.05) is 0 Å². The molecule has 8 heteroatoms. The second kappa shape index (κ2) is 4.51. The molecule has 0 aromatic carbocycles. The molecule has 0 unspecified atom stereocenters. The zero-order valence-electron chi connectivity index (χ0n) is 10.3. The van der Waals surface area contributed by atoms with Crippen LogP contribution < -0.4 is 5.73 Å². The number of fused-ring (bicyclic) bond motifs is 1. The number of halogens is 1. The predicted octanol–water partition coefficient (Wildman–Crippen LogP) is 1.73. The van der Waals surface area contributed by atoms with E-state index in [9.17, 15) is 0 Å². The quantitative estimate of drug-likeness (QED) is 0.759. The van der Waals surface area contributed by atoms with Crippen LogP contribution in [0.1, 0.15) is 19.0 Å². The highest BCUT2D eigenvalue weighted by atomic mass is 35.5. The van der Waals surface area contributed by atoms with Crippen LogP contribution in [-0.2, 0) is 6.42 Å². The minimum absolute atomic E-state index is 0.336. The third-order valence-corrected chi connectivity index (χ3v) is 3.01. The highest BCUT2D eigenvalue weighted by Gasteiger charge is 2.17. The van der Waals surface area contributed by atoms with Crippen molar-refractivity contribution in [2.24, 2.45) is 0 Å². The summed E-state index contributed by atoms with van der Waals surface area (Å²) in [6.45, 7) is 2.09. The van der Waals surface area contributed by atoms with Gasteiger partial charge in [0.25, 0.3) is 0 Å². The van der Waals surface area contributed by atoms with Gasteiger partial charge >= 0.3 is 0 Å². The molecular formula is C11H12ClN7. The molecule has 0 saturated carbocycles. The van der Waals surface area contributed by atoms with Crippen LogP contribution in [0.15, 0.2) is 12.1 Å². The summed E-state index contributed by atoms with van der Waals surface area (Å²) in [5.41, 5.74) is 7.45. The van der Waals surface area contributed by atoms with Gasteiger partial charge < -0.3 is 5.73 Å². The first-order chi connectivity index (χ1) is 9.20. The van der Waals surface area contributed by atoms with E-state index >= 15 is 0 Å². The number of aromatic nitrogens is 6. The first-order valence-corrected chi connectivity index (χ1v) is 6.29. The van der Waals surface area contributed by atoms with Gasteiger partial charge in [-0.1, -0.05) is 24.9 Å². The average Bonchev–Trinajstić information content (AvgIpc) is 2.94. The summed E-state index contributed by atoms with van der Waals surface area (Å²) in [4.78, 5) is 0. The van der Waals surface area contributed by atoms with E-state index in [0.29, 0.717) is 22.4 Å². The molecule has 0 bridgehead atoms. The molecule has 3 rings (SSSR count). The first kappa shape index (κ1) is 11.9. The standard InChI is InChI=1S/C11H12ClN7/c1-2-3-6-9-10(13)16-17-11(9)19(18-6)8-5-4-7(12)14-15-8/h4-5H,2-3H2,1H3,(H3,13,16,17). The summed E-state index contributed by atoms with van der Waals surface area (Å²) in [6, 6.07) is 3.40. The maximum atomic E-state index is 5.89. The van der Waals surface area contributed by atoms with E-state index in [1.165, 1.54) is 0 Å². The topological polar surface area (TPSA) is 98.3 Å². The third-order valence-electron chi connectivity index (χ3n) is 2.81. The molecule has 0 amide bonds. The number of H-pyrrole nitrogens is 1. The largest absolute Gasteiger partial charge is 0.383 e. The molecular weight excluding hydrogens is 266 g/mol. The summed E-state index contributed by atoms with van der Waals surface area (Å²) >= 11 is 5.73. The van der Waals surface area contributed by atoms with E-state index in [-0.39, 0.29) is 0 Å². The van der Waals surface area contributed by atoms with Gasteiger partial charge in [-0.25, -0.2) is 0 Å². The molecule has 0 radical (unpaired) electrons. The molecule has 7 nitrogen and oxygen atoms in total. The predicted molar refractivity (Wildman–Crippen MR) is 72.2 cm³/mol. The Balaban J connectivity index is 2.21. The van der Waals surface area contributed by atoms with E-state index < -0.39 is 0 Å². The molecule has 0 spiro atoms. The van der Waals surface area contributed by atoms with Gasteiger partial charge in [-0.3, -0.25) is 5.10 Å². The molecule has 0 aliphatic carbocycles. The van der Waals surface area contributed by atoms with E-state index in [1.54, 1.807) is 16.8 Å². The van der Waals surface area contributed by atoms with Crippen molar-refractivity contribution < 1.29 is 0 Å². The Labute approximate surface area is 113 Å². The minimum Gasteiger partial charge on any atom is -0.383 e. The van der Waals surface area contributed by atoms with Gasteiger partial charge in [0.15, 0.2) is 16.6 Å². The van der Waals surface area contributed by atoms with Crippen LogP contribution in [0.3, 0.4) is 0 Å². The van der Waals surface area contributed by atoms with Gasteiger partial charge in [-0.05, 0) is 18.6 Å². The Bertz CT molecular complexity index is 713. The lowest BCUT2D eigenvalue weighted by atomic mass is 10.2. The first-order valence-electron chi connectivity index (χ1n) is 5.91. The van der Waals surface area contributed by atoms with Crippen molar-refractivity contribution in [2.75, 3.05) is 5.73 Å². The van der Waals surface area contributed by atoms with Gasteiger partial charge in [0.05, 0.1) is 11.1 Å². The van der Waals surface area contributed by atoms with Crippen LogP contribution in [0.2, 0.25) is 5.15 Å². The second-order valence-corrected chi connectivity index (χ2v) is 4.55. The van der Waals surface area contributed by atoms with Crippen molar-refractivity contribution in [2.45, 2.75) is 19.8 Å². The molecule has 3 heterocycles. The van der Waals surface area contributed by atoms with E-state index in [0.717, 1.165) is 23.9 Å². The van der Waals surface area contributed by atoms with Crippen molar-refractivity contribution in [3.63, 3.8) is 0 Å². The highest BCUT2D eigenvalue weighted by molar-refractivity contribution is 6.29. The molecule has 0 aliphatic heterocycles. The summed E-state index contributed by atoms with van der Waals surface area (Å²) in [6.07, 6.45) is 1.80. The van der Waals surface area contributed by atoms with Crippen molar-refractivity contribution in [1.29, 1.82) is 0 Å². The van der Waals surface area contributed by atoms with Crippen LogP contribution in [0.4, 0.5) is 5.82 Å². The molecule has 19 heavy (non-hydrogen) atoms. The molecule has 0 saturated heterocycles. The van der Waals surface area contributed by atoms with Gasteiger partial charge in [-0.2, -0.15) is 14.9 Å². The van der Waals surface area contributed by atoms with Gasteiger partial charge in [0, 0.05) is 0 Å². The summed E-state index contributed by atoms with van der Waals surface area (Å²) in [7, 11) is 0. The number of aryl methyl sites for hydroxylation is 1. The number of nitrogens with one attached hydrogen (secondary N) is 1. The third kappa shape index (κ3) is 1.91. The van der Waals surface area contributed by atoms with Crippen molar-refractivity contribution in [3.8, 4) is 5.82 Å². The van der Waals surface area contributed by atoms with Crippen LogP contribution in [0.5, 0.6) is 0 Å². The summed E-state index contributed by atoms with van der Waals surface area (Å²) in [5.74, 6) is 1.08. The Morgan fingerprint density at radius 1 is 1.37 bits per heavy atom. The fourth-order valence-electron chi connectivity index (χ4n) is 1.99. The normalized spacial score (nSPS) is 11.3. The number of nitrogen functional groups attached to an aromatic ring is 1. The molecule has 3 N–H and O–H groups in total. The number of aromatic amines is 1. The lowest BCUT2D eigenvalue weighted by Crippen LogP contribution is -2.02. The number of anilines is 1. The maximum absolute atomic E-state index is 5.89. The van der Waals surface area contributed by atoms with Crippen LogP contribution >= 0.6 is 11.6 Å². The van der Waals surface area contributed by atoms with Crippen LogP contribution in [0, 0.1) is 0 Å². The lowest BCUT2D eigenvalue weighted by molar-refractivity contribution is 0.779. The summed E-state index contributed by atoms with van der Waals surface area (Å²) < 4.78 is 1.62. The Hall–Kier alpha value is -2.15. The van der Waals surface area contributed by atoms with Gasteiger partial charge in [0.2, 0.25) is 0 Å². The molecule has 3 aromatic rings. The average molecular weight is 278 g/mol. The smallest absolute Gasteiger partial charge is 0.188 e. The minimum atomic E-state index is 0.336. The van der Waals surface area contributed by atoms with Crippen LogP contribution in [-0.4, -0.2) is 30.2 Å². The zero-order chi connectivity index (χ0) is 13.4. The van der Waals surface area contributed by atoms with Crippen molar-refractivity contribution >= 4 is 28.5 Å². The number of hydrogen-bond acceptors (Lipinski definition) is 5. The Morgan fingerprint density at radius 3 is 2.89 bits per heavy atom. The second-order valence-electron chi connectivity index (χ2n) is 4.16. The number of hydrogen-bond donors (Lipinski definition) is 2. The summed E-state index contributed by atoms with van der Waals surface area (Å²) in [5, 5.41) is 20.4. The fraction of sp³-hybridized carbons (Fsp3) is 0.273. The highest BCUT2D eigenvalue weighted by Crippen LogP contribution is 2.25. The Morgan fingerprint density at radius 2 is 2.21 bits per heavy atom. The van der Waals surface area contributed by atoms with Gasteiger partial charge in [0.1, 0.15) is 5.82 Å². The number of nitrogens with two attached hydrogens (primary N) is 1. The van der Waals surface area contributed by atoms with Crippen molar-refractivity contribution in [3.05, 3.63) is 23.0 Å². The maximum Gasteiger partial charge on any atom is 0.188 e. The molecule has 98 valence electrons. The Kier molecular flexibility index (Phi) is 2.83. The zero-order valence-corrected chi connectivity index (χ0v) is 11.0. The molecule has 0 aliphatic rings. The van der Waals surface area contributed by atoms with Crippen LogP contribution in [0.25, 0.3) is 16.9 Å². The monoisotopic (exact) mass is 277 g/mol. The number of nitrogens with zero attached hydrogens (tertiary/aromatic N) is 5. The molecule has 3 aromatic heterocycles.